The summed E-state index contributed by atoms with van der Waals surface area (Å²) in [6, 6.07) is 6.29. The van der Waals surface area contributed by atoms with Gasteiger partial charge in [0.2, 0.25) is 5.91 Å². The molecule has 0 radical (unpaired) electrons. The molecule has 3 amide bonds. The van der Waals surface area contributed by atoms with Gasteiger partial charge in [0.05, 0.1) is 17.5 Å². The number of rotatable bonds is 5. The smallest absolute Gasteiger partial charge is 0.335 e. The van der Waals surface area contributed by atoms with Gasteiger partial charge in [0.1, 0.15) is 0 Å². The third kappa shape index (κ3) is 3.70. The Morgan fingerprint density at radius 2 is 1.64 bits per heavy atom. The first-order valence-corrected chi connectivity index (χ1v) is 8.54. The van der Waals surface area contributed by atoms with Crippen LogP contribution in [0, 0.1) is 5.92 Å². The number of nitrogens with one attached hydrogen (secondary N) is 1. The van der Waals surface area contributed by atoms with Crippen molar-refractivity contribution >= 4 is 23.7 Å². The lowest BCUT2D eigenvalue weighted by Gasteiger charge is -2.20. The number of nitrogens with zero attached hydrogens (tertiary/aromatic N) is 1. The van der Waals surface area contributed by atoms with Gasteiger partial charge in [-0.05, 0) is 25.0 Å². The number of carbonyl (C=O) groups excluding carboxylic acids is 4. The van der Waals surface area contributed by atoms with Crippen LogP contribution in [-0.4, -0.2) is 35.3 Å². The zero-order chi connectivity index (χ0) is 17.8. The van der Waals surface area contributed by atoms with Crippen LogP contribution in [0.1, 0.15) is 59.2 Å². The van der Waals surface area contributed by atoms with E-state index in [-0.39, 0.29) is 35.9 Å². The minimum absolute atomic E-state index is 0.0148. The molecule has 0 unspecified atom stereocenters. The summed E-state index contributed by atoms with van der Waals surface area (Å²) in [5.41, 5.74) is 0.428. The van der Waals surface area contributed by atoms with E-state index in [9.17, 15) is 19.2 Å². The lowest BCUT2D eigenvalue weighted by atomic mass is 9.89. The minimum Gasteiger partial charge on any atom is -0.355 e. The highest BCUT2D eigenvalue weighted by molar-refractivity contribution is 6.20. The summed E-state index contributed by atoms with van der Waals surface area (Å²) < 4.78 is 0. The number of amides is 3. The van der Waals surface area contributed by atoms with Crippen molar-refractivity contribution in [3.63, 3.8) is 0 Å². The van der Waals surface area contributed by atoms with Crippen molar-refractivity contribution in [1.29, 1.82) is 0 Å². The molecule has 1 aromatic carbocycles. The maximum atomic E-state index is 12.1. The topological polar surface area (TPSA) is 92.8 Å². The molecule has 1 heterocycles. The molecule has 1 aliphatic heterocycles. The second-order valence-corrected chi connectivity index (χ2v) is 6.29. The minimum atomic E-state index is -0.738. The van der Waals surface area contributed by atoms with Crippen molar-refractivity contribution in [1.82, 2.24) is 10.4 Å². The van der Waals surface area contributed by atoms with E-state index in [0.29, 0.717) is 5.06 Å². The summed E-state index contributed by atoms with van der Waals surface area (Å²) in [5, 5.41) is 3.20. The Labute approximate surface area is 145 Å². The lowest BCUT2D eigenvalue weighted by Crippen LogP contribution is -2.36. The second kappa shape index (κ2) is 7.46. The lowest BCUT2D eigenvalue weighted by molar-refractivity contribution is -0.168. The first-order chi connectivity index (χ1) is 12.1. The molecular weight excluding hydrogens is 324 g/mol. The Kier molecular flexibility index (Phi) is 5.11. The van der Waals surface area contributed by atoms with Crippen molar-refractivity contribution in [3.8, 4) is 0 Å². The van der Waals surface area contributed by atoms with Crippen LogP contribution in [0.15, 0.2) is 24.3 Å². The predicted octanol–water partition coefficient (Wildman–Crippen LogP) is 1.83. The van der Waals surface area contributed by atoms with Crippen LogP contribution < -0.4 is 5.32 Å². The van der Waals surface area contributed by atoms with Gasteiger partial charge in [-0.3, -0.25) is 14.4 Å². The van der Waals surface area contributed by atoms with Crippen LogP contribution in [0.2, 0.25) is 0 Å². The van der Waals surface area contributed by atoms with E-state index >= 15 is 0 Å². The molecule has 1 N–H and O–H groups in total. The zero-order valence-electron chi connectivity index (χ0n) is 13.8. The molecule has 1 saturated carbocycles. The van der Waals surface area contributed by atoms with Crippen molar-refractivity contribution in [2.45, 2.75) is 38.5 Å². The van der Waals surface area contributed by atoms with Gasteiger partial charge in [0.25, 0.3) is 11.8 Å². The van der Waals surface area contributed by atoms with Gasteiger partial charge >= 0.3 is 5.97 Å². The first-order valence-electron chi connectivity index (χ1n) is 8.54. The number of benzene rings is 1. The van der Waals surface area contributed by atoms with Crippen LogP contribution in [0.4, 0.5) is 0 Å². The molecule has 0 spiro atoms. The molecule has 25 heavy (non-hydrogen) atoms. The van der Waals surface area contributed by atoms with Crippen molar-refractivity contribution in [3.05, 3.63) is 35.4 Å². The van der Waals surface area contributed by atoms with Crippen molar-refractivity contribution < 1.29 is 24.0 Å². The van der Waals surface area contributed by atoms with Crippen LogP contribution in [0.3, 0.4) is 0 Å². The number of imide groups is 1. The summed E-state index contributed by atoms with van der Waals surface area (Å²) in [7, 11) is 0. The molecule has 132 valence electrons. The highest BCUT2D eigenvalue weighted by atomic mass is 16.7. The van der Waals surface area contributed by atoms with Gasteiger partial charge in [-0.15, -0.1) is 0 Å². The SMILES string of the molecule is O=C(CCNC(=O)C1CCCCC1)ON1C(=O)c2ccccc2C1=O. The van der Waals surface area contributed by atoms with Crippen LogP contribution in [0.5, 0.6) is 0 Å². The summed E-state index contributed by atoms with van der Waals surface area (Å²) in [6.07, 6.45) is 4.93. The van der Waals surface area contributed by atoms with Gasteiger partial charge in [0.15, 0.2) is 0 Å². The Morgan fingerprint density at radius 1 is 1.04 bits per heavy atom. The van der Waals surface area contributed by atoms with Crippen LogP contribution in [-0.2, 0) is 14.4 Å². The standard InChI is InChI=1S/C18H20N2O5/c21-15(10-11-19-16(22)12-6-2-1-3-7-12)25-20-17(23)13-8-4-5-9-14(13)18(20)24/h4-5,8-9,12H,1-3,6-7,10-11H2,(H,19,22). The van der Waals surface area contributed by atoms with Gasteiger partial charge in [-0.1, -0.05) is 36.5 Å². The molecule has 7 nitrogen and oxygen atoms in total. The number of carbonyl (C=O) groups is 4. The van der Waals surface area contributed by atoms with Gasteiger partial charge in [0, 0.05) is 12.5 Å². The fraction of sp³-hybridized carbons (Fsp3) is 0.444. The average molecular weight is 344 g/mol. The molecule has 0 bridgehead atoms. The molecule has 2 aliphatic rings. The average Bonchev–Trinajstić information content (AvgIpc) is 2.88. The largest absolute Gasteiger partial charge is 0.355 e. The summed E-state index contributed by atoms with van der Waals surface area (Å²) in [4.78, 5) is 52.9. The van der Waals surface area contributed by atoms with Gasteiger partial charge in [-0.2, -0.15) is 0 Å². The molecule has 1 fully saturated rings. The van der Waals surface area contributed by atoms with Crippen molar-refractivity contribution in [2.75, 3.05) is 6.54 Å². The number of hydrogen-bond acceptors (Lipinski definition) is 5. The third-order valence-electron chi connectivity index (χ3n) is 4.55. The molecule has 7 heteroatoms. The molecule has 0 saturated heterocycles. The quantitative estimate of drug-likeness (QED) is 0.823. The molecule has 0 aromatic heterocycles. The normalized spacial score (nSPS) is 17.4. The maximum absolute atomic E-state index is 12.1. The monoisotopic (exact) mass is 344 g/mol. The van der Waals surface area contributed by atoms with Gasteiger partial charge in [-0.25, -0.2) is 4.79 Å². The Morgan fingerprint density at radius 3 is 2.24 bits per heavy atom. The fourth-order valence-corrected chi connectivity index (χ4v) is 3.19. The van der Waals surface area contributed by atoms with E-state index in [2.05, 4.69) is 5.32 Å². The number of fused-ring (bicyclic) bond motifs is 1. The molecule has 1 aliphatic carbocycles. The molecule has 3 rings (SSSR count). The Bertz CT molecular complexity index is 674. The third-order valence-corrected chi connectivity index (χ3v) is 4.55. The van der Waals surface area contributed by atoms with E-state index in [4.69, 9.17) is 4.84 Å². The van der Waals surface area contributed by atoms with Crippen LogP contribution >= 0.6 is 0 Å². The van der Waals surface area contributed by atoms with E-state index in [1.807, 2.05) is 0 Å². The van der Waals surface area contributed by atoms with E-state index < -0.39 is 17.8 Å². The Hall–Kier alpha value is -2.70. The Balaban J connectivity index is 1.46. The second-order valence-electron chi connectivity index (χ2n) is 6.29. The van der Waals surface area contributed by atoms with E-state index in [1.165, 1.54) is 12.1 Å². The number of hydrogen-bond donors (Lipinski definition) is 1. The molecule has 0 atom stereocenters. The fourth-order valence-electron chi connectivity index (χ4n) is 3.19. The van der Waals surface area contributed by atoms with E-state index in [1.54, 1.807) is 12.1 Å². The predicted molar refractivity (Wildman–Crippen MR) is 87.2 cm³/mol. The number of hydroxylamine groups is 2. The molecule has 1 aromatic rings. The van der Waals surface area contributed by atoms with Gasteiger partial charge < -0.3 is 10.2 Å². The highest BCUT2D eigenvalue weighted by Crippen LogP contribution is 2.24. The van der Waals surface area contributed by atoms with Crippen molar-refractivity contribution in [2.24, 2.45) is 5.92 Å². The molecular formula is C18H20N2O5. The van der Waals surface area contributed by atoms with Crippen LogP contribution in [0.25, 0.3) is 0 Å². The summed E-state index contributed by atoms with van der Waals surface area (Å²) in [5.74, 6) is -2.08. The van der Waals surface area contributed by atoms with E-state index in [0.717, 1.165) is 32.1 Å². The zero-order valence-corrected chi connectivity index (χ0v) is 13.8. The first kappa shape index (κ1) is 17.1. The summed E-state index contributed by atoms with van der Waals surface area (Å²) >= 11 is 0. The highest BCUT2D eigenvalue weighted by Gasteiger charge is 2.38. The maximum Gasteiger partial charge on any atom is 0.335 e. The summed E-state index contributed by atoms with van der Waals surface area (Å²) in [6.45, 7) is 0.122.